The molecule has 166 valence electrons. The highest BCUT2D eigenvalue weighted by molar-refractivity contribution is 6.46. The van der Waals surface area contributed by atoms with Crippen molar-refractivity contribution >= 4 is 17.4 Å². The van der Waals surface area contributed by atoms with Crippen LogP contribution in [0.25, 0.3) is 5.76 Å². The Hall–Kier alpha value is -4.12. The number of amides is 1. The molecule has 1 amide bonds. The third kappa shape index (κ3) is 4.72. The molecule has 0 aromatic heterocycles. The van der Waals surface area contributed by atoms with Gasteiger partial charge in [0.15, 0.2) is 0 Å². The van der Waals surface area contributed by atoms with Gasteiger partial charge in [-0.15, -0.1) is 0 Å². The van der Waals surface area contributed by atoms with E-state index in [9.17, 15) is 14.7 Å². The van der Waals surface area contributed by atoms with E-state index in [1.807, 2.05) is 48.5 Å². The Labute approximate surface area is 193 Å². The summed E-state index contributed by atoms with van der Waals surface area (Å²) in [4.78, 5) is 27.8. The molecule has 3 aromatic rings. The molecule has 1 aliphatic rings. The van der Waals surface area contributed by atoms with Gasteiger partial charge in [-0.05, 0) is 29.7 Å². The van der Waals surface area contributed by atoms with Crippen molar-refractivity contribution in [2.45, 2.75) is 12.5 Å². The smallest absolute Gasteiger partial charge is 0.295 e. The van der Waals surface area contributed by atoms with Crippen molar-refractivity contribution in [3.8, 4) is 5.75 Å². The fourth-order valence-electron chi connectivity index (χ4n) is 4.03. The van der Waals surface area contributed by atoms with Crippen molar-refractivity contribution in [2.24, 2.45) is 0 Å². The zero-order valence-corrected chi connectivity index (χ0v) is 18.2. The summed E-state index contributed by atoms with van der Waals surface area (Å²) in [5, 5.41) is 11.1. The van der Waals surface area contributed by atoms with Crippen molar-refractivity contribution in [1.29, 1.82) is 0 Å². The number of benzene rings is 3. The Morgan fingerprint density at radius 2 is 1.67 bits per heavy atom. The number of hydrogen-bond donors (Lipinski definition) is 1. The van der Waals surface area contributed by atoms with Crippen LogP contribution in [-0.4, -0.2) is 34.8 Å². The van der Waals surface area contributed by atoms with E-state index in [1.165, 1.54) is 4.90 Å². The third-order valence-corrected chi connectivity index (χ3v) is 5.61. The Bertz CT molecular complexity index is 1180. The van der Waals surface area contributed by atoms with Gasteiger partial charge in [0.1, 0.15) is 18.1 Å². The van der Waals surface area contributed by atoms with Gasteiger partial charge in [0.2, 0.25) is 0 Å². The molecule has 1 unspecified atom stereocenters. The highest BCUT2D eigenvalue weighted by atomic mass is 16.5. The van der Waals surface area contributed by atoms with Crippen molar-refractivity contribution < 1.29 is 19.4 Å². The van der Waals surface area contributed by atoms with Crippen molar-refractivity contribution in [3.63, 3.8) is 0 Å². The largest absolute Gasteiger partial charge is 0.507 e. The number of aliphatic hydroxyl groups is 1. The minimum Gasteiger partial charge on any atom is -0.507 e. The lowest BCUT2D eigenvalue weighted by Gasteiger charge is -2.25. The van der Waals surface area contributed by atoms with Crippen LogP contribution >= 0.6 is 0 Å². The minimum absolute atomic E-state index is 0.0835. The van der Waals surface area contributed by atoms with Gasteiger partial charge in [0.05, 0.1) is 11.6 Å². The van der Waals surface area contributed by atoms with Crippen LogP contribution < -0.4 is 4.74 Å². The van der Waals surface area contributed by atoms with Crippen LogP contribution in [0.3, 0.4) is 0 Å². The molecule has 1 atom stereocenters. The molecule has 0 radical (unpaired) electrons. The average molecular weight is 440 g/mol. The van der Waals surface area contributed by atoms with Crippen molar-refractivity contribution in [1.82, 2.24) is 4.90 Å². The van der Waals surface area contributed by atoms with Gasteiger partial charge >= 0.3 is 0 Å². The summed E-state index contributed by atoms with van der Waals surface area (Å²) in [5.41, 5.74) is 2.33. The van der Waals surface area contributed by atoms with Crippen LogP contribution in [0.5, 0.6) is 5.75 Å². The van der Waals surface area contributed by atoms with E-state index in [2.05, 4.69) is 6.58 Å². The SMILES string of the molecule is C=CCOc1cccc(C2C(=C(O)c3ccccc3)C(=O)C(=O)N2CCc2ccccc2)c1. The lowest BCUT2D eigenvalue weighted by molar-refractivity contribution is -0.139. The van der Waals surface area contributed by atoms with Crippen molar-refractivity contribution in [2.75, 3.05) is 13.2 Å². The van der Waals surface area contributed by atoms with Gasteiger partial charge in [-0.2, -0.15) is 0 Å². The molecule has 5 heteroatoms. The Balaban J connectivity index is 1.78. The van der Waals surface area contributed by atoms with Crippen LogP contribution in [0.15, 0.2) is 103 Å². The first-order valence-electron chi connectivity index (χ1n) is 10.8. The quantitative estimate of drug-likeness (QED) is 0.234. The summed E-state index contributed by atoms with van der Waals surface area (Å²) in [7, 11) is 0. The number of carbonyl (C=O) groups is 2. The van der Waals surface area contributed by atoms with Crippen LogP contribution in [-0.2, 0) is 16.0 Å². The Morgan fingerprint density at radius 1 is 0.970 bits per heavy atom. The van der Waals surface area contributed by atoms with Crippen LogP contribution in [0.2, 0.25) is 0 Å². The standard InChI is InChI=1S/C28H25NO4/c1-2-18-33-23-15-9-14-22(19-23)25-24(26(30)21-12-7-4-8-13-21)27(31)28(32)29(25)17-16-20-10-5-3-6-11-20/h2-15,19,25,30H,1,16-18H2. The van der Waals surface area contributed by atoms with Crippen LogP contribution in [0.1, 0.15) is 22.7 Å². The van der Waals surface area contributed by atoms with E-state index >= 15 is 0 Å². The molecule has 4 rings (SSSR count). The molecule has 33 heavy (non-hydrogen) atoms. The maximum absolute atomic E-state index is 13.1. The maximum atomic E-state index is 13.1. The second-order valence-electron chi connectivity index (χ2n) is 7.77. The first kappa shape index (κ1) is 22.1. The number of nitrogens with zero attached hydrogens (tertiary/aromatic N) is 1. The first-order valence-corrected chi connectivity index (χ1v) is 10.8. The molecular formula is C28H25NO4. The molecular weight excluding hydrogens is 414 g/mol. The van der Waals surface area contributed by atoms with Crippen LogP contribution in [0.4, 0.5) is 0 Å². The van der Waals surface area contributed by atoms with E-state index in [4.69, 9.17) is 4.74 Å². The van der Waals surface area contributed by atoms with Gasteiger partial charge in [-0.25, -0.2) is 0 Å². The summed E-state index contributed by atoms with van der Waals surface area (Å²) >= 11 is 0. The van der Waals surface area contributed by atoms with E-state index in [1.54, 1.807) is 42.5 Å². The van der Waals surface area contributed by atoms with E-state index < -0.39 is 17.7 Å². The third-order valence-electron chi connectivity index (χ3n) is 5.61. The molecule has 0 spiro atoms. The molecule has 3 aromatic carbocycles. The fourth-order valence-corrected chi connectivity index (χ4v) is 4.03. The molecule has 0 bridgehead atoms. The molecule has 1 heterocycles. The molecule has 1 N–H and O–H groups in total. The highest BCUT2D eigenvalue weighted by Crippen LogP contribution is 2.40. The van der Waals surface area contributed by atoms with E-state index in [0.717, 1.165) is 5.56 Å². The zero-order valence-electron chi connectivity index (χ0n) is 18.2. The lowest BCUT2D eigenvalue weighted by atomic mass is 9.95. The highest BCUT2D eigenvalue weighted by Gasteiger charge is 2.45. The minimum atomic E-state index is -0.721. The van der Waals surface area contributed by atoms with Gasteiger partial charge < -0.3 is 14.7 Å². The second kappa shape index (κ2) is 10.0. The number of ether oxygens (including phenoxy) is 1. The van der Waals surface area contributed by atoms with E-state index in [-0.39, 0.29) is 11.3 Å². The fraction of sp³-hybridized carbons (Fsp3) is 0.143. The van der Waals surface area contributed by atoms with Gasteiger partial charge in [0, 0.05) is 12.1 Å². The summed E-state index contributed by atoms with van der Waals surface area (Å²) in [6, 6.07) is 25.1. The number of aliphatic hydroxyl groups excluding tert-OH is 1. The molecule has 1 saturated heterocycles. The topological polar surface area (TPSA) is 66.8 Å². The molecule has 0 aliphatic carbocycles. The molecule has 0 saturated carbocycles. The van der Waals surface area contributed by atoms with Gasteiger partial charge in [-0.3, -0.25) is 9.59 Å². The summed E-state index contributed by atoms with van der Waals surface area (Å²) in [6.07, 6.45) is 2.23. The summed E-state index contributed by atoms with van der Waals surface area (Å²) in [6.45, 7) is 4.34. The predicted molar refractivity (Wildman–Crippen MR) is 128 cm³/mol. The summed E-state index contributed by atoms with van der Waals surface area (Å²) < 4.78 is 5.67. The summed E-state index contributed by atoms with van der Waals surface area (Å²) in [5.74, 6) is -0.892. The lowest BCUT2D eigenvalue weighted by Crippen LogP contribution is -2.31. The molecule has 1 aliphatic heterocycles. The second-order valence-corrected chi connectivity index (χ2v) is 7.77. The van der Waals surface area contributed by atoms with Gasteiger partial charge in [0.25, 0.3) is 11.7 Å². The van der Waals surface area contributed by atoms with E-state index in [0.29, 0.717) is 36.4 Å². The molecule has 1 fully saturated rings. The number of carbonyl (C=O) groups excluding carboxylic acids is 2. The predicted octanol–water partition coefficient (Wildman–Crippen LogP) is 4.92. The molecule has 5 nitrogen and oxygen atoms in total. The number of hydrogen-bond acceptors (Lipinski definition) is 4. The van der Waals surface area contributed by atoms with Crippen molar-refractivity contribution in [3.05, 3.63) is 120 Å². The van der Waals surface area contributed by atoms with Crippen LogP contribution in [0, 0.1) is 0 Å². The normalized spacial score (nSPS) is 17.2. The monoisotopic (exact) mass is 439 g/mol. The number of likely N-dealkylation sites (tertiary alicyclic amines) is 1. The number of Topliss-reactive ketones (excluding diaryl/α,β-unsaturated/α-hetero) is 1. The number of ketones is 1. The Kier molecular flexibility index (Phi) is 6.69. The average Bonchev–Trinajstić information content (AvgIpc) is 3.12. The van der Waals surface area contributed by atoms with Gasteiger partial charge in [-0.1, -0.05) is 85.5 Å². The first-order chi connectivity index (χ1) is 16.1. The zero-order chi connectivity index (χ0) is 23.2. The maximum Gasteiger partial charge on any atom is 0.295 e. The number of rotatable bonds is 8. The Morgan fingerprint density at radius 3 is 2.36 bits per heavy atom.